The maximum atomic E-state index is 13.4. The largest absolute Gasteiger partial charge is 0.400 e. The first kappa shape index (κ1) is 35.8. The number of hydrazine groups is 1. The Kier molecular flexibility index (Phi) is 11.1. The summed E-state index contributed by atoms with van der Waals surface area (Å²) in [6, 6.07) is 12.0. The minimum atomic E-state index is -0.811. The molecule has 0 radical (unpaired) electrons. The first-order valence-electron chi connectivity index (χ1n) is 15.8. The van der Waals surface area contributed by atoms with Crippen LogP contribution in [0.1, 0.15) is 66.8 Å². The minimum Gasteiger partial charge on any atom is -0.400 e. The van der Waals surface area contributed by atoms with Gasteiger partial charge in [-0.2, -0.15) is 0 Å². The van der Waals surface area contributed by atoms with Gasteiger partial charge in [-0.25, -0.2) is 5.84 Å². The van der Waals surface area contributed by atoms with Crippen LogP contribution < -0.4 is 27.5 Å². The Bertz CT molecular complexity index is 1720. The number of para-hydroxylation sites is 1. The van der Waals surface area contributed by atoms with E-state index in [1.165, 1.54) is 18.0 Å². The molecule has 1 aromatic heterocycles. The van der Waals surface area contributed by atoms with Gasteiger partial charge < -0.3 is 31.0 Å². The highest BCUT2D eigenvalue weighted by Gasteiger charge is 2.34. The van der Waals surface area contributed by atoms with Crippen molar-refractivity contribution in [3.8, 4) is 0 Å². The topological polar surface area (TPSA) is 185 Å². The summed E-state index contributed by atoms with van der Waals surface area (Å²) in [6.07, 6.45) is 4.44. The molecule has 13 heteroatoms. The lowest BCUT2D eigenvalue weighted by Crippen LogP contribution is -2.53. The van der Waals surface area contributed by atoms with Gasteiger partial charge in [0.15, 0.2) is 6.29 Å². The number of hydrogen-bond acceptors (Lipinski definition) is 11. The lowest BCUT2D eigenvalue weighted by molar-refractivity contribution is -0.136. The van der Waals surface area contributed by atoms with Gasteiger partial charge in [0.2, 0.25) is 11.8 Å². The zero-order chi connectivity index (χ0) is 35.2. The van der Waals surface area contributed by atoms with E-state index in [0.717, 1.165) is 22.2 Å². The molecule has 0 spiro atoms. The van der Waals surface area contributed by atoms with Crippen LogP contribution in [0.3, 0.4) is 0 Å². The van der Waals surface area contributed by atoms with Crippen molar-refractivity contribution in [1.82, 2.24) is 20.2 Å². The van der Waals surface area contributed by atoms with E-state index in [1.807, 2.05) is 59.0 Å². The molecule has 1 atom stereocenters. The average molecular weight is 659 g/mol. The van der Waals surface area contributed by atoms with Crippen molar-refractivity contribution in [2.75, 3.05) is 37.9 Å². The molecular formula is C35H46N8O5. The Labute approximate surface area is 281 Å². The number of pyridine rings is 1. The third kappa shape index (κ3) is 8.28. The van der Waals surface area contributed by atoms with Crippen LogP contribution in [0.4, 0.5) is 11.4 Å². The van der Waals surface area contributed by atoms with E-state index in [4.69, 9.17) is 16.3 Å². The molecule has 2 heterocycles. The first-order valence-corrected chi connectivity index (χ1v) is 15.8. The Morgan fingerprint density at radius 1 is 1.10 bits per heavy atom. The molecule has 13 nitrogen and oxygen atoms in total. The van der Waals surface area contributed by atoms with Crippen LogP contribution in [0.2, 0.25) is 0 Å². The SMILES string of the molecule is CNc1cccc2c(CN(N)/C=C(\N)C(C)(C)COCC(C)(C)Nc3cccc(C(=O)N(C)C4CCC(=O)NC4=O)c3C=O)ccnc12. The number of rotatable bonds is 14. The second kappa shape index (κ2) is 14.8. The monoisotopic (exact) mass is 658 g/mol. The van der Waals surface area contributed by atoms with Gasteiger partial charge in [0, 0.05) is 55.1 Å². The quantitative estimate of drug-likeness (QED) is 0.0740. The van der Waals surface area contributed by atoms with E-state index in [9.17, 15) is 19.2 Å². The number of nitrogens with zero attached hydrogens (tertiary/aromatic N) is 3. The number of carbonyl (C=O) groups excluding carboxylic acids is 4. The number of nitrogens with two attached hydrogens (primary N) is 2. The molecular weight excluding hydrogens is 612 g/mol. The third-order valence-electron chi connectivity index (χ3n) is 8.42. The van der Waals surface area contributed by atoms with Gasteiger partial charge in [-0.15, -0.1) is 0 Å². The van der Waals surface area contributed by atoms with Crippen molar-refractivity contribution in [3.63, 3.8) is 0 Å². The molecule has 1 fully saturated rings. The Balaban J connectivity index is 1.38. The molecule has 3 amide bonds. The van der Waals surface area contributed by atoms with Crippen molar-refractivity contribution in [3.05, 3.63) is 77.2 Å². The van der Waals surface area contributed by atoms with Gasteiger partial charge in [-0.1, -0.05) is 32.0 Å². The molecule has 7 N–H and O–H groups in total. The smallest absolute Gasteiger partial charge is 0.255 e. The first-order chi connectivity index (χ1) is 22.7. The minimum absolute atomic E-state index is 0.133. The number of likely N-dealkylation sites (N-methyl/N-ethyl adjacent to an activating group) is 1. The number of nitrogens with one attached hydrogen (secondary N) is 3. The number of aromatic nitrogens is 1. The Hall–Kier alpha value is -5.01. The fraction of sp³-hybridized carbons (Fsp3) is 0.400. The Morgan fingerprint density at radius 3 is 2.50 bits per heavy atom. The standard InChI is InChI=1S/C35H46N8O5/c1-34(2,29(36)18-43(37)17-22-15-16-39-31-23(22)9-7-12-27(31)38-5)20-48-21-35(3,4)41-26-11-8-10-24(25(26)19-44)33(47)42(6)28-13-14-30(45)40-32(28)46/h7-12,15-16,18-19,28,38,41H,13-14,17,20-21,36-37H2,1-6H3,(H,40,45,46)/b29-18-. The average Bonchev–Trinajstić information content (AvgIpc) is 3.03. The van der Waals surface area contributed by atoms with Crippen molar-refractivity contribution < 1.29 is 23.9 Å². The van der Waals surface area contributed by atoms with E-state index in [0.29, 0.717) is 24.2 Å². The lowest BCUT2D eigenvalue weighted by atomic mass is 9.91. The number of piperidine rings is 1. The van der Waals surface area contributed by atoms with Crippen LogP contribution in [0.15, 0.2) is 60.6 Å². The van der Waals surface area contributed by atoms with Crippen molar-refractivity contribution >= 4 is 46.3 Å². The van der Waals surface area contributed by atoms with Gasteiger partial charge in [-0.3, -0.25) is 29.5 Å². The summed E-state index contributed by atoms with van der Waals surface area (Å²) in [5.41, 5.74) is 9.41. The summed E-state index contributed by atoms with van der Waals surface area (Å²) in [5, 5.41) is 11.3. The highest BCUT2D eigenvalue weighted by Crippen LogP contribution is 2.28. The van der Waals surface area contributed by atoms with Crippen molar-refractivity contribution in [2.45, 2.75) is 58.7 Å². The van der Waals surface area contributed by atoms with Gasteiger partial charge in [-0.05, 0) is 50.1 Å². The number of fused-ring (bicyclic) bond motifs is 1. The van der Waals surface area contributed by atoms with Crippen molar-refractivity contribution in [1.29, 1.82) is 0 Å². The number of carbonyl (C=O) groups is 4. The van der Waals surface area contributed by atoms with E-state index < -0.39 is 28.8 Å². The fourth-order valence-corrected chi connectivity index (χ4v) is 5.58. The predicted octanol–water partition coefficient (Wildman–Crippen LogP) is 3.38. The molecule has 1 aliphatic heterocycles. The normalized spacial score (nSPS) is 15.6. The van der Waals surface area contributed by atoms with Crippen LogP contribution in [0, 0.1) is 5.41 Å². The van der Waals surface area contributed by atoms with Crippen LogP contribution in [0.5, 0.6) is 0 Å². The van der Waals surface area contributed by atoms with Crippen LogP contribution >= 0.6 is 0 Å². The molecule has 3 aromatic rings. The predicted molar refractivity (Wildman–Crippen MR) is 186 cm³/mol. The highest BCUT2D eigenvalue weighted by atomic mass is 16.5. The number of imide groups is 1. The number of benzene rings is 2. The van der Waals surface area contributed by atoms with E-state index in [2.05, 4.69) is 20.9 Å². The molecule has 0 bridgehead atoms. The summed E-state index contributed by atoms with van der Waals surface area (Å²) in [7, 11) is 3.35. The number of aldehydes is 1. The summed E-state index contributed by atoms with van der Waals surface area (Å²) >= 11 is 0. The molecule has 0 aliphatic carbocycles. The molecule has 0 saturated carbocycles. The van der Waals surface area contributed by atoms with Crippen LogP contribution in [-0.2, 0) is 20.9 Å². The third-order valence-corrected chi connectivity index (χ3v) is 8.42. The second-order valence-electron chi connectivity index (χ2n) is 13.3. The van der Waals surface area contributed by atoms with Gasteiger partial charge in [0.05, 0.1) is 47.6 Å². The van der Waals surface area contributed by atoms with E-state index in [-0.39, 0.29) is 43.1 Å². The molecule has 2 aromatic carbocycles. The molecule has 4 rings (SSSR count). The molecule has 1 saturated heterocycles. The zero-order valence-electron chi connectivity index (χ0n) is 28.4. The van der Waals surface area contributed by atoms with Crippen molar-refractivity contribution in [2.24, 2.45) is 17.0 Å². The number of ether oxygens (including phenoxy) is 1. The molecule has 256 valence electrons. The summed E-state index contributed by atoms with van der Waals surface area (Å²) in [5.74, 6) is 4.98. The highest BCUT2D eigenvalue weighted by molar-refractivity contribution is 6.07. The van der Waals surface area contributed by atoms with Gasteiger partial charge in [0.1, 0.15) is 6.04 Å². The number of hydrogen-bond donors (Lipinski definition) is 5. The number of amides is 3. The zero-order valence-corrected chi connectivity index (χ0v) is 28.4. The number of anilines is 2. The van der Waals surface area contributed by atoms with Crippen LogP contribution in [0.25, 0.3) is 10.9 Å². The van der Waals surface area contributed by atoms with Gasteiger partial charge in [0.25, 0.3) is 5.91 Å². The maximum absolute atomic E-state index is 13.4. The lowest BCUT2D eigenvalue weighted by Gasteiger charge is -2.32. The van der Waals surface area contributed by atoms with Crippen LogP contribution in [-0.4, -0.2) is 77.8 Å². The summed E-state index contributed by atoms with van der Waals surface area (Å²) in [6.45, 7) is 8.72. The fourth-order valence-electron chi connectivity index (χ4n) is 5.58. The maximum Gasteiger partial charge on any atom is 0.255 e. The van der Waals surface area contributed by atoms with E-state index in [1.54, 1.807) is 29.5 Å². The molecule has 1 unspecified atom stereocenters. The molecule has 1 aliphatic rings. The van der Waals surface area contributed by atoms with Gasteiger partial charge >= 0.3 is 0 Å². The Morgan fingerprint density at radius 2 is 1.81 bits per heavy atom. The second-order valence-corrected chi connectivity index (χ2v) is 13.3. The van der Waals surface area contributed by atoms with E-state index >= 15 is 0 Å². The summed E-state index contributed by atoms with van der Waals surface area (Å²) in [4.78, 5) is 55.3. The molecule has 48 heavy (non-hydrogen) atoms. The summed E-state index contributed by atoms with van der Waals surface area (Å²) < 4.78 is 6.14.